The SMILES string of the molecule is Cl.O=C(Nc1ccc2c(c1F)CCNC2)c1nn(-c2ccc(F)cc2)c2c1CCC2. The van der Waals surface area contributed by atoms with Crippen molar-refractivity contribution in [1.82, 2.24) is 15.1 Å². The predicted octanol–water partition coefficient (Wildman–Crippen LogP) is 3.96. The van der Waals surface area contributed by atoms with Gasteiger partial charge in [0.1, 0.15) is 11.6 Å². The number of carbonyl (C=O) groups excluding carboxylic acids is 1. The van der Waals surface area contributed by atoms with Crippen molar-refractivity contribution in [2.75, 3.05) is 11.9 Å². The predicted molar refractivity (Wildman–Crippen MR) is 113 cm³/mol. The topological polar surface area (TPSA) is 59.0 Å². The van der Waals surface area contributed by atoms with E-state index in [1.165, 1.54) is 12.1 Å². The van der Waals surface area contributed by atoms with E-state index >= 15 is 0 Å². The molecule has 1 aliphatic heterocycles. The molecule has 0 unspecified atom stereocenters. The molecule has 8 heteroatoms. The standard InChI is InChI=1S/C22H20F2N4O.ClH/c23-14-5-7-15(8-6-14)28-19-3-1-2-17(19)21(27-28)22(29)26-18-9-4-13-12-25-11-10-16(13)20(18)24;/h4-9,25H,1-3,10-12H2,(H,26,29);1H. The smallest absolute Gasteiger partial charge is 0.276 e. The van der Waals surface area contributed by atoms with Crippen LogP contribution in [0, 0.1) is 11.6 Å². The van der Waals surface area contributed by atoms with Crippen LogP contribution in [-0.4, -0.2) is 22.2 Å². The number of benzene rings is 2. The van der Waals surface area contributed by atoms with Gasteiger partial charge in [0.2, 0.25) is 0 Å². The Morgan fingerprint density at radius 2 is 1.83 bits per heavy atom. The highest BCUT2D eigenvalue weighted by Gasteiger charge is 2.28. The maximum Gasteiger partial charge on any atom is 0.276 e. The third kappa shape index (κ3) is 3.48. The van der Waals surface area contributed by atoms with Crippen molar-refractivity contribution in [2.24, 2.45) is 0 Å². The van der Waals surface area contributed by atoms with Gasteiger partial charge in [-0.25, -0.2) is 13.5 Å². The normalized spacial score (nSPS) is 14.6. The zero-order valence-electron chi connectivity index (χ0n) is 16.2. The summed E-state index contributed by atoms with van der Waals surface area (Å²) < 4.78 is 29.9. The largest absolute Gasteiger partial charge is 0.318 e. The van der Waals surface area contributed by atoms with Crippen molar-refractivity contribution in [3.8, 4) is 5.69 Å². The summed E-state index contributed by atoms with van der Waals surface area (Å²) in [5.74, 6) is -1.11. The lowest BCUT2D eigenvalue weighted by molar-refractivity contribution is 0.102. The second-order valence-electron chi connectivity index (χ2n) is 7.46. The summed E-state index contributed by atoms with van der Waals surface area (Å²) >= 11 is 0. The van der Waals surface area contributed by atoms with Gasteiger partial charge < -0.3 is 10.6 Å². The highest BCUT2D eigenvalue weighted by Crippen LogP contribution is 2.30. The fraction of sp³-hybridized carbons (Fsp3) is 0.273. The van der Waals surface area contributed by atoms with Crippen LogP contribution in [0.2, 0.25) is 0 Å². The first-order chi connectivity index (χ1) is 14.1. The number of rotatable bonds is 3. The van der Waals surface area contributed by atoms with E-state index in [0.717, 1.165) is 42.6 Å². The van der Waals surface area contributed by atoms with E-state index in [1.54, 1.807) is 22.9 Å². The lowest BCUT2D eigenvalue weighted by Gasteiger charge is -2.19. The fourth-order valence-corrected chi connectivity index (χ4v) is 4.23. The quantitative estimate of drug-likeness (QED) is 0.661. The number of amides is 1. The Morgan fingerprint density at radius 1 is 1.03 bits per heavy atom. The first-order valence-electron chi connectivity index (χ1n) is 9.81. The first-order valence-corrected chi connectivity index (χ1v) is 9.81. The molecule has 1 aliphatic carbocycles. The summed E-state index contributed by atoms with van der Waals surface area (Å²) in [5.41, 5.74) is 4.61. The third-order valence-electron chi connectivity index (χ3n) is 5.67. The van der Waals surface area contributed by atoms with Crippen molar-refractivity contribution in [3.05, 3.63) is 76.1 Å². The summed E-state index contributed by atoms with van der Waals surface area (Å²) in [4.78, 5) is 13.0. The van der Waals surface area contributed by atoms with Crippen LogP contribution in [0.25, 0.3) is 5.69 Å². The van der Waals surface area contributed by atoms with E-state index in [0.29, 0.717) is 29.9 Å². The molecule has 0 saturated carbocycles. The van der Waals surface area contributed by atoms with E-state index in [4.69, 9.17) is 0 Å². The lowest BCUT2D eigenvalue weighted by Crippen LogP contribution is -2.25. The molecule has 0 bridgehead atoms. The molecule has 0 atom stereocenters. The van der Waals surface area contributed by atoms with Crippen molar-refractivity contribution in [2.45, 2.75) is 32.2 Å². The number of hydrogen-bond acceptors (Lipinski definition) is 3. The van der Waals surface area contributed by atoms with Crippen molar-refractivity contribution in [3.63, 3.8) is 0 Å². The zero-order valence-corrected chi connectivity index (χ0v) is 17.0. The van der Waals surface area contributed by atoms with Gasteiger partial charge >= 0.3 is 0 Å². The highest BCUT2D eigenvalue weighted by molar-refractivity contribution is 6.04. The van der Waals surface area contributed by atoms with Crippen molar-refractivity contribution < 1.29 is 13.6 Å². The van der Waals surface area contributed by atoms with Gasteiger partial charge in [-0.2, -0.15) is 5.10 Å². The van der Waals surface area contributed by atoms with E-state index < -0.39 is 5.91 Å². The monoisotopic (exact) mass is 430 g/mol. The van der Waals surface area contributed by atoms with Gasteiger partial charge in [0, 0.05) is 17.8 Å². The molecule has 2 aromatic carbocycles. The Kier molecular flexibility index (Phi) is 5.58. The highest BCUT2D eigenvalue weighted by atomic mass is 35.5. The average Bonchev–Trinajstić information content (AvgIpc) is 3.34. The third-order valence-corrected chi connectivity index (χ3v) is 5.67. The summed E-state index contributed by atoms with van der Waals surface area (Å²) in [7, 11) is 0. The molecule has 5 rings (SSSR count). The molecule has 5 nitrogen and oxygen atoms in total. The number of nitrogens with zero attached hydrogens (tertiary/aromatic N) is 2. The van der Waals surface area contributed by atoms with Crippen LogP contribution in [0.4, 0.5) is 14.5 Å². The lowest BCUT2D eigenvalue weighted by atomic mass is 9.99. The minimum Gasteiger partial charge on any atom is -0.318 e. The molecule has 0 fully saturated rings. The summed E-state index contributed by atoms with van der Waals surface area (Å²) in [6.45, 7) is 1.35. The van der Waals surface area contributed by atoms with Crippen LogP contribution in [-0.2, 0) is 25.8 Å². The maximum atomic E-state index is 14.9. The second-order valence-corrected chi connectivity index (χ2v) is 7.46. The summed E-state index contributed by atoms with van der Waals surface area (Å²) in [5, 5.41) is 10.4. The number of hydrogen-bond donors (Lipinski definition) is 2. The van der Waals surface area contributed by atoms with E-state index in [9.17, 15) is 13.6 Å². The molecule has 0 spiro atoms. The first kappa shape index (κ1) is 20.5. The second kappa shape index (κ2) is 8.16. The Bertz CT molecular complexity index is 1110. The molecule has 2 aliphatic rings. The van der Waals surface area contributed by atoms with Crippen LogP contribution in [0.3, 0.4) is 0 Å². The van der Waals surface area contributed by atoms with Crippen LogP contribution in [0.15, 0.2) is 36.4 Å². The number of halogens is 3. The zero-order chi connectivity index (χ0) is 20.0. The molecule has 0 radical (unpaired) electrons. The minimum absolute atomic E-state index is 0. The molecular formula is C22H21ClF2N4O. The Hall–Kier alpha value is -2.77. The van der Waals surface area contributed by atoms with Gasteiger partial charge in [0.15, 0.2) is 5.69 Å². The Labute approximate surface area is 178 Å². The number of aromatic nitrogens is 2. The van der Waals surface area contributed by atoms with Gasteiger partial charge in [-0.3, -0.25) is 4.79 Å². The van der Waals surface area contributed by atoms with Gasteiger partial charge in [0.25, 0.3) is 5.91 Å². The number of fused-ring (bicyclic) bond motifs is 2. The average molecular weight is 431 g/mol. The maximum absolute atomic E-state index is 14.9. The van der Waals surface area contributed by atoms with Crippen LogP contribution in [0.5, 0.6) is 0 Å². The minimum atomic E-state index is -0.420. The van der Waals surface area contributed by atoms with Gasteiger partial charge in [-0.15, -0.1) is 12.4 Å². The van der Waals surface area contributed by atoms with Crippen LogP contribution >= 0.6 is 12.4 Å². The van der Waals surface area contributed by atoms with Crippen molar-refractivity contribution in [1.29, 1.82) is 0 Å². The van der Waals surface area contributed by atoms with E-state index in [-0.39, 0.29) is 29.7 Å². The fourth-order valence-electron chi connectivity index (χ4n) is 4.23. The van der Waals surface area contributed by atoms with E-state index in [2.05, 4.69) is 15.7 Å². The molecule has 2 N–H and O–H groups in total. The summed E-state index contributed by atoms with van der Waals surface area (Å²) in [6, 6.07) is 9.47. The van der Waals surface area contributed by atoms with Crippen LogP contribution in [0.1, 0.15) is 39.3 Å². The number of anilines is 1. The van der Waals surface area contributed by atoms with Crippen molar-refractivity contribution >= 4 is 24.0 Å². The van der Waals surface area contributed by atoms with E-state index in [1.807, 2.05) is 6.07 Å². The van der Waals surface area contributed by atoms with Crippen LogP contribution < -0.4 is 10.6 Å². The molecule has 0 saturated heterocycles. The molecule has 1 aromatic heterocycles. The summed E-state index contributed by atoms with van der Waals surface area (Å²) in [6.07, 6.45) is 3.07. The van der Waals surface area contributed by atoms with Gasteiger partial charge in [0.05, 0.1) is 11.4 Å². The van der Waals surface area contributed by atoms with Gasteiger partial charge in [-0.05, 0) is 73.7 Å². The number of nitrogens with one attached hydrogen (secondary N) is 2. The molecule has 2 heterocycles. The Balaban J connectivity index is 0.00000218. The molecule has 1 amide bonds. The molecule has 3 aromatic rings. The molecule has 156 valence electrons. The van der Waals surface area contributed by atoms with Gasteiger partial charge in [-0.1, -0.05) is 6.07 Å². The Morgan fingerprint density at radius 3 is 2.63 bits per heavy atom. The molecule has 30 heavy (non-hydrogen) atoms. The molecular weight excluding hydrogens is 410 g/mol. The number of carbonyl (C=O) groups is 1.